The van der Waals surface area contributed by atoms with Crippen molar-refractivity contribution in [2.24, 2.45) is 5.92 Å². The summed E-state index contributed by atoms with van der Waals surface area (Å²) in [7, 11) is 1.62. The summed E-state index contributed by atoms with van der Waals surface area (Å²) in [5.41, 5.74) is 0. The first-order chi connectivity index (χ1) is 6.06. The number of hydrogen-bond donors (Lipinski definition) is 2. The van der Waals surface area contributed by atoms with Crippen LogP contribution in [0.4, 0.5) is 0 Å². The molecule has 4 nitrogen and oxygen atoms in total. The van der Waals surface area contributed by atoms with Crippen LogP contribution in [0, 0.1) is 5.92 Å². The zero-order valence-corrected chi connectivity index (χ0v) is 8.54. The monoisotopic (exact) mass is 189 g/mol. The fraction of sp³-hybridized carbons (Fsp3) is 0.889. The first-order valence-electron chi connectivity index (χ1n) is 4.50. The van der Waals surface area contributed by atoms with Gasteiger partial charge in [-0.25, -0.2) is 0 Å². The van der Waals surface area contributed by atoms with Gasteiger partial charge in [-0.1, -0.05) is 6.92 Å². The van der Waals surface area contributed by atoms with Gasteiger partial charge >= 0.3 is 0 Å². The fourth-order valence-corrected chi connectivity index (χ4v) is 0.994. The molecule has 1 amide bonds. The summed E-state index contributed by atoms with van der Waals surface area (Å²) in [5, 5.41) is 11.5. The minimum absolute atomic E-state index is 0.0366. The molecular weight excluding hydrogens is 170 g/mol. The van der Waals surface area contributed by atoms with E-state index in [4.69, 9.17) is 9.84 Å². The number of aliphatic hydroxyl groups excluding tert-OH is 1. The molecule has 78 valence electrons. The summed E-state index contributed by atoms with van der Waals surface area (Å²) >= 11 is 0. The highest BCUT2D eigenvalue weighted by atomic mass is 16.5. The van der Waals surface area contributed by atoms with Gasteiger partial charge in [0.05, 0.1) is 6.10 Å². The summed E-state index contributed by atoms with van der Waals surface area (Å²) in [5.74, 6) is 0.185. The quantitative estimate of drug-likeness (QED) is 0.625. The van der Waals surface area contributed by atoms with Crippen molar-refractivity contribution in [3.05, 3.63) is 0 Å². The zero-order valence-electron chi connectivity index (χ0n) is 8.54. The number of nitrogens with one attached hydrogen (secondary N) is 1. The Morgan fingerprint density at radius 1 is 1.54 bits per heavy atom. The zero-order chi connectivity index (χ0) is 10.3. The number of carbonyl (C=O) groups is 1. The van der Waals surface area contributed by atoms with Crippen molar-refractivity contribution in [2.75, 3.05) is 20.3 Å². The van der Waals surface area contributed by atoms with Gasteiger partial charge in [-0.05, 0) is 12.8 Å². The van der Waals surface area contributed by atoms with Crippen molar-refractivity contribution >= 4 is 5.91 Å². The van der Waals surface area contributed by atoms with E-state index in [-0.39, 0.29) is 11.8 Å². The van der Waals surface area contributed by atoms with Gasteiger partial charge < -0.3 is 15.2 Å². The number of ether oxygens (including phenoxy) is 1. The molecule has 0 fully saturated rings. The van der Waals surface area contributed by atoms with Gasteiger partial charge in [0.25, 0.3) is 0 Å². The predicted molar refractivity (Wildman–Crippen MR) is 50.3 cm³/mol. The van der Waals surface area contributed by atoms with Crippen LogP contribution in [0.5, 0.6) is 0 Å². The predicted octanol–water partition coefficient (Wildman–Crippen LogP) is 0.156. The van der Waals surface area contributed by atoms with E-state index < -0.39 is 6.10 Å². The molecule has 0 rings (SSSR count). The van der Waals surface area contributed by atoms with E-state index in [9.17, 15) is 4.79 Å². The summed E-state index contributed by atoms with van der Waals surface area (Å²) in [4.78, 5) is 11.2. The minimum Gasteiger partial charge on any atom is -0.392 e. The van der Waals surface area contributed by atoms with Crippen LogP contribution in [0.15, 0.2) is 0 Å². The number of amides is 1. The van der Waals surface area contributed by atoms with Crippen LogP contribution in [0.3, 0.4) is 0 Å². The van der Waals surface area contributed by atoms with Gasteiger partial charge in [-0.15, -0.1) is 0 Å². The van der Waals surface area contributed by atoms with Crippen LogP contribution < -0.4 is 5.32 Å². The second-order valence-corrected chi connectivity index (χ2v) is 3.42. The van der Waals surface area contributed by atoms with Gasteiger partial charge in [-0.2, -0.15) is 0 Å². The molecule has 0 aromatic rings. The van der Waals surface area contributed by atoms with Gasteiger partial charge in [0.1, 0.15) is 0 Å². The first kappa shape index (κ1) is 12.4. The van der Waals surface area contributed by atoms with Crippen LogP contribution in [0.1, 0.15) is 20.3 Å². The van der Waals surface area contributed by atoms with Crippen molar-refractivity contribution in [1.29, 1.82) is 0 Å². The summed E-state index contributed by atoms with van der Waals surface area (Å²) in [6.07, 6.45) is -0.0396. The molecule has 0 aliphatic heterocycles. The SMILES string of the molecule is COCC(C)CC(=O)NC[C@@H](C)O. The van der Waals surface area contributed by atoms with Gasteiger partial charge in [0.15, 0.2) is 0 Å². The average Bonchev–Trinajstić information content (AvgIpc) is 2.01. The number of carbonyl (C=O) groups excluding carboxylic acids is 1. The van der Waals surface area contributed by atoms with E-state index in [1.54, 1.807) is 14.0 Å². The highest BCUT2D eigenvalue weighted by Gasteiger charge is 2.08. The molecule has 4 heteroatoms. The second kappa shape index (κ2) is 6.86. The Labute approximate surface area is 79.3 Å². The third kappa shape index (κ3) is 7.74. The van der Waals surface area contributed by atoms with E-state index in [0.29, 0.717) is 19.6 Å². The van der Waals surface area contributed by atoms with E-state index in [1.165, 1.54) is 0 Å². The van der Waals surface area contributed by atoms with Crippen LogP contribution in [-0.2, 0) is 9.53 Å². The average molecular weight is 189 g/mol. The summed E-state index contributed by atoms with van der Waals surface area (Å²) in [6, 6.07) is 0. The van der Waals surface area contributed by atoms with Crippen molar-refractivity contribution in [2.45, 2.75) is 26.4 Å². The normalized spacial score (nSPS) is 15.1. The van der Waals surface area contributed by atoms with Crippen molar-refractivity contribution in [3.63, 3.8) is 0 Å². The van der Waals surface area contributed by atoms with E-state index in [0.717, 1.165) is 0 Å². The molecular formula is C9H19NO3. The molecule has 0 aromatic heterocycles. The first-order valence-corrected chi connectivity index (χ1v) is 4.50. The van der Waals surface area contributed by atoms with Crippen LogP contribution in [-0.4, -0.2) is 37.4 Å². The highest BCUT2D eigenvalue weighted by molar-refractivity contribution is 5.76. The molecule has 13 heavy (non-hydrogen) atoms. The van der Waals surface area contributed by atoms with E-state index in [1.807, 2.05) is 6.92 Å². The smallest absolute Gasteiger partial charge is 0.220 e. The molecule has 0 saturated heterocycles. The maximum absolute atomic E-state index is 11.2. The summed E-state index contributed by atoms with van der Waals surface area (Å²) < 4.78 is 4.90. The minimum atomic E-state index is -0.485. The Hall–Kier alpha value is -0.610. The molecule has 1 unspecified atom stereocenters. The maximum atomic E-state index is 11.2. The lowest BCUT2D eigenvalue weighted by Crippen LogP contribution is -2.31. The van der Waals surface area contributed by atoms with Crippen molar-refractivity contribution in [3.8, 4) is 0 Å². The number of hydrogen-bond acceptors (Lipinski definition) is 3. The van der Waals surface area contributed by atoms with Gasteiger partial charge in [0, 0.05) is 26.7 Å². The molecule has 2 atom stereocenters. The van der Waals surface area contributed by atoms with E-state index >= 15 is 0 Å². The second-order valence-electron chi connectivity index (χ2n) is 3.42. The molecule has 0 bridgehead atoms. The van der Waals surface area contributed by atoms with Crippen LogP contribution in [0.25, 0.3) is 0 Å². The number of rotatable bonds is 6. The Morgan fingerprint density at radius 2 is 2.15 bits per heavy atom. The lowest BCUT2D eigenvalue weighted by Gasteiger charge is -2.11. The Balaban J connectivity index is 3.50. The molecule has 0 spiro atoms. The highest BCUT2D eigenvalue weighted by Crippen LogP contribution is 2.00. The van der Waals surface area contributed by atoms with Crippen molar-refractivity contribution < 1.29 is 14.6 Å². The van der Waals surface area contributed by atoms with E-state index in [2.05, 4.69) is 5.32 Å². The lowest BCUT2D eigenvalue weighted by molar-refractivity contribution is -0.122. The van der Waals surface area contributed by atoms with Gasteiger partial charge in [0.2, 0.25) is 5.91 Å². The summed E-state index contributed by atoms with van der Waals surface area (Å²) in [6.45, 7) is 4.49. The topological polar surface area (TPSA) is 58.6 Å². The number of aliphatic hydroxyl groups is 1. The molecule has 2 N–H and O–H groups in total. The Kier molecular flexibility index (Phi) is 6.54. The molecule has 0 aliphatic rings. The largest absolute Gasteiger partial charge is 0.392 e. The maximum Gasteiger partial charge on any atom is 0.220 e. The number of methoxy groups -OCH3 is 1. The third-order valence-electron chi connectivity index (χ3n) is 1.58. The van der Waals surface area contributed by atoms with Crippen molar-refractivity contribution in [1.82, 2.24) is 5.32 Å². The molecule has 0 saturated carbocycles. The van der Waals surface area contributed by atoms with Crippen LogP contribution >= 0.6 is 0 Å². The standard InChI is InChI=1S/C9H19NO3/c1-7(6-13-3)4-9(12)10-5-8(2)11/h7-8,11H,4-6H2,1-3H3,(H,10,12)/t7?,8-/m1/s1. The third-order valence-corrected chi connectivity index (χ3v) is 1.58. The fourth-order valence-electron chi connectivity index (χ4n) is 0.994. The Morgan fingerprint density at radius 3 is 2.62 bits per heavy atom. The molecule has 0 aromatic carbocycles. The van der Waals surface area contributed by atoms with Crippen LogP contribution in [0.2, 0.25) is 0 Å². The Bertz CT molecular complexity index is 148. The molecule has 0 aliphatic carbocycles. The molecule has 0 radical (unpaired) electrons. The van der Waals surface area contributed by atoms with Gasteiger partial charge in [-0.3, -0.25) is 4.79 Å². The lowest BCUT2D eigenvalue weighted by atomic mass is 10.1. The molecule has 0 heterocycles.